The number of rotatable bonds is 5. The molecule has 0 bridgehead atoms. The molecule has 1 aliphatic rings. The first-order chi connectivity index (χ1) is 14.2. The van der Waals surface area contributed by atoms with E-state index >= 15 is 0 Å². The Kier molecular flexibility index (Phi) is 5.65. The number of anilines is 2. The third kappa shape index (κ3) is 4.19. The third-order valence-electron chi connectivity index (χ3n) is 5.70. The second-order valence-electron chi connectivity index (χ2n) is 7.66. The molecule has 1 aliphatic heterocycles. The van der Waals surface area contributed by atoms with E-state index in [0.717, 1.165) is 49.2 Å². The predicted octanol–water partition coefficient (Wildman–Crippen LogP) is 4.09. The van der Waals surface area contributed by atoms with Crippen LogP contribution in [-0.2, 0) is 0 Å². The topological polar surface area (TPSA) is 48.5 Å². The van der Waals surface area contributed by atoms with Gasteiger partial charge in [-0.1, -0.05) is 31.2 Å². The van der Waals surface area contributed by atoms with E-state index in [2.05, 4.69) is 57.4 Å². The largest absolute Gasteiger partial charge is 0.368 e. The second kappa shape index (κ2) is 8.52. The lowest BCUT2D eigenvalue weighted by molar-refractivity contribution is 0.0939. The highest BCUT2D eigenvalue weighted by Crippen LogP contribution is 2.27. The molecule has 0 unspecified atom stereocenters. The summed E-state index contributed by atoms with van der Waals surface area (Å²) < 4.78 is 0. The van der Waals surface area contributed by atoms with Crippen LogP contribution in [0.25, 0.3) is 10.8 Å². The van der Waals surface area contributed by atoms with Crippen LogP contribution in [-0.4, -0.2) is 43.1 Å². The number of benzene rings is 2. The Morgan fingerprint density at radius 1 is 1.03 bits per heavy atom. The van der Waals surface area contributed by atoms with Crippen LogP contribution in [0.4, 0.5) is 11.5 Å². The van der Waals surface area contributed by atoms with Crippen LogP contribution in [0.5, 0.6) is 0 Å². The van der Waals surface area contributed by atoms with Gasteiger partial charge in [-0.15, -0.1) is 0 Å². The lowest BCUT2D eigenvalue weighted by atomic mass is 10.1. The molecule has 0 saturated carbocycles. The molecule has 1 fully saturated rings. The third-order valence-corrected chi connectivity index (χ3v) is 5.70. The number of hydrogen-bond acceptors (Lipinski definition) is 4. The van der Waals surface area contributed by atoms with E-state index in [1.807, 2.05) is 37.4 Å². The van der Waals surface area contributed by atoms with E-state index in [-0.39, 0.29) is 11.9 Å². The average molecular weight is 389 g/mol. The van der Waals surface area contributed by atoms with Crippen LogP contribution in [0.3, 0.4) is 0 Å². The SMILES string of the molecule is CC[C@@H](C)NC(=O)c1ccc2ccnc(N3CCN(c4ccccc4)CC3)c2c1. The normalized spacial score (nSPS) is 15.4. The van der Waals surface area contributed by atoms with Gasteiger partial charge in [-0.05, 0) is 49.1 Å². The molecular weight excluding hydrogens is 360 g/mol. The lowest BCUT2D eigenvalue weighted by Gasteiger charge is -2.37. The van der Waals surface area contributed by atoms with Crippen molar-refractivity contribution >= 4 is 28.2 Å². The minimum atomic E-state index is -0.0232. The summed E-state index contributed by atoms with van der Waals surface area (Å²) in [5, 5.41) is 5.20. The number of hydrogen-bond donors (Lipinski definition) is 1. The molecular formula is C24H28N4O. The van der Waals surface area contributed by atoms with Gasteiger partial charge in [-0.2, -0.15) is 0 Å². The summed E-state index contributed by atoms with van der Waals surface area (Å²) in [6, 6.07) is 18.6. The quantitative estimate of drug-likeness (QED) is 0.715. The summed E-state index contributed by atoms with van der Waals surface area (Å²) in [5.41, 5.74) is 1.96. The van der Waals surface area contributed by atoms with Gasteiger partial charge in [0.05, 0.1) is 0 Å². The highest BCUT2D eigenvalue weighted by Gasteiger charge is 2.20. The number of piperazine rings is 1. The van der Waals surface area contributed by atoms with Crippen molar-refractivity contribution in [2.45, 2.75) is 26.3 Å². The summed E-state index contributed by atoms with van der Waals surface area (Å²) >= 11 is 0. The maximum atomic E-state index is 12.6. The summed E-state index contributed by atoms with van der Waals surface area (Å²) in [4.78, 5) is 22.0. The van der Waals surface area contributed by atoms with E-state index < -0.39 is 0 Å². The smallest absolute Gasteiger partial charge is 0.251 e. The fourth-order valence-electron chi connectivity index (χ4n) is 3.77. The standard InChI is InChI=1S/C24H28N4O/c1-3-18(2)26-24(29)20-10-9-19-11-12-25-23(22(19)17-20)28-15-13-27(14-16-28)21-7-5-4-6-8-21/h4-12,17-18H,3,13-16H2,1-2H3,(H,26,29)/t18-/m1/s1. The predicted molar refractivity (Wildman–Crippen MR) is 120 cm³/mol. The number of aromatic nitrogens is 1. The van der Waals surface area contributed by atoms with Gasteiger partial charge in [0, 0.05) is 55.1 Å². The van der Waals surface area contributed by atoms with Gasteiger partial charge >= 0.3 is 0 Å². The van der Waals surface area contributed by atoms with E-state index in [9.17, 15) is 4.79 Å². The Morgan fingerprint density at radius 3 is 2.48 bits per heavy atom. The highest BCUT2D eigenvalue weighted by atomic mass is 16.1. The van der Waals surface area contributed by atoms with Crippen molar-refractivity contribution in [2.24, 2.45) is 0 Å². The van der Waals surface area contributed by atoms with Gasteiger partial charge < -0.3 is 15.1 Å². The summed E-state index contributed by atoms with van der Waals surface area (Å²) in [6.45, 7) is 7.82. The minimum absolute atomic E-state index is 0.0232. The van der Waals surface area contributed by atoms with Crippen molar-refractivity contribution in [1.82, 2.24) is 10.3 Å². The second-order valence-corrected chi connectivity index (χ2v) is 7.66. The molecule has 1 amide bonds. The number of nitrogens with one attached hydrogen (secondary N) is 1. The molecule has 1 saturated heterocycles. The first kappa shape index (κ1) is 19.2. The van der Waals surface area contributed by atoms with Gasteiger partial charge in [-0.3, -0.25) is 4.79 Å². The first-order valence-electron chi connectivity index (χ1n) is 10.4. The van der Waals surface area contributed by atoms with Crippen LogP contribution in [0, 0.1) is 0 Å². The molecule has 3 aromatic rings. The van der Waals surface area contributed by atoms with Crippen molar-refractivity contribution in [3.63, 3.8) is 0 Å². The van der Waals surface area contributed by atoms with Crippen LogP contribution < -0.4 is 15.1 Å². The molecule has 5 nitrogen and oxygen atoms in total. The fraction of sp³-hybridized carbons (Fsp3) is 0.333. The van der Waals surface area contributed by atoms with Gasteiger partial charge in [0.1, 0.15) is 5.82 Å². The number of nitrogens with zero attached hydrogens (tertiary/aromatic N) is 3. The number of para-hydroxylation sites is 1. The monoisotopic (exact) mass is 388 g/mol. The zero-order valence-corrected chi connectivity index (χ0v) is 17.1. The molecule has 0 spiro atoms. The Labute approximate surface area is 172 Å². The van der Waals surface area contributed by atoms with Crippen LogP contribution in [0.2, 0.25) is 0 Å². The summed E-state index contributed by atoms with van der Waals surface area (Å²) in [5.74, 6) is 0.943. The lowest BCUT2D eigenvalue weighted by Crippen LogP contribution is -2.46. The average Bonchev–Trinajstić information content (AvgIpc) is 2.79. The number of amides is 1. The van der Waals surface area contributed by atoms with Gasteiger partial charge in [0.25, 0.3) is 5.91 Å². The maximum absolute atomic E-state index is 12.6. The Balaban J connectivity index is 1.56. The Morgan fingerprint density at radius 2 is 1.76 bits per heavy atom. The van der Waals surface area contributed by atoms with E-state index in [1.54, 1.807) is 0 Å². The molecule has 1 N–H and O–H groups in total. The Hall–Kier alpha value is -3.08. The van der Waals surface area contributed by atoms with Crippen LogP contribution in [0.15, 0.2) is 60.8 Å². The molecule has 1 aromatic heterocycles. The van der Waals surface area contributed by atoms with E-state index in [4.69, 9.17) is 0 Å². The van der Waals surface area contributed by atoms with E-state index in [0.29, 0.717) is 5.56 Å². The number of pyridine rings is 1. The van der Waals surface area contributed by atoms with Gasteiger partial charge in [0.15, 0.2) is 0 Å². The van der Waals surface area contributed by atoms with Crippen molar-refractivity contribution in [1.29, 1.82) is 0 Å². The van der Waals surface area contributed by atoms with Crippen molar-refractivity contribution in [3.8, 4) is 0 Å². The number of fused-ring (bicyclic) bond motifs is 1. The highest BCUT2D eigenvalue weighted by molar-refractivity contribution is 6.01. The zero-order chi connectivity index (χ0) is 20.2. The zero-order valence-electron chi connectivity index (χ0n) is 17.1. The molecule has 1 atom stereocenters. The van der Waals surface area contributed by atoms with Gasteiger partial charge in [0.2, 0.25) is 0 Å². The molecule has 0 radical (unpaired) electrons. The maximum Gasteiger partial charge on any atom is 0.251 e. The molecule has 150 valence electrons. The fourth-order valence-corrected chi connectivity index (χ4v) is 3.77. The summed E-state index contributed by atoms with van der Waals surface area (Å²) in [6.07, 6.45) is 2.78. The molecule has 5 heteroatoms. The molecule has 4 rings (SSSR count). The first-order valence-corrected chi connectivity index (χ1v) is 10.4. The Bertz CT molecular complexity index is 981. The molecule has 0 aliphatic carbocycles. The van der Waals surface area contributed by atoms with Crippen molar-refractivity contribution in [2.75, 3.05) is 36.0 Å². The minimum Gasteiger partial charge on any atom is -0.368 e. The van der Waals surface area contributed by atoms with Gasteiger partial charge in [-0.25, -0.2) is 4.98 Å². The van der Waals surface area contributed by atoms with Crippen LogP contribution >= 0.6 is 0 Å². The van der Waals surface area contributed by atoms with Crippen molar-refractivity contribution in [3.05, 3.63) is 66.4 Å². The number of carbonyl (C=O) groups is 1. The molecule has 2 heterocycles. The van der Waals surface area contributed by atoms with Crippen LogP contribution in [0.1, 0.15) is 30.6 Å². The molecule has 29 heavy (non-hydrogen) atoms. The van der Waals surface area contributed by atoms with E-state index in [1.165, 1.54) is 5.69 Å². The van der Waals surface area contributed by atoms with Crippen molar-refractivity contribution < 1.29 is 4.79 Å². The molecule has 2 aromatic carbocycles. The summed E-state index contributed by atoms with van der Waals surface area (Å²) in [7, 11) is 0. The number of carbonyl (C=O) groups excluding carboxylic acids is 1.